The van der Waals surface area contributed by atoms with Gasteiger partial charge in [-0.2, -0.15) is 4.98 Å². The molecular weight excluding hydrogens is 282 g/mol. The predicted octanol–water partition coefficient (Wildman–Crippen LogP) is 3.10. The first-order chi connectivity index (χ1) is 10.7. The summed E-state index contributed by atoms with van der Waals surface area (Å²) in [5.74, 6) is 0.897. The van der Waals surface area contributed by atoms with E-state index >= 15 is 0 Å². The minimum atomic E-state index is -0.809. The van der Waals surface area contributed by atoms with Crippen LogP contribution < -0.4 is 5.32 Å². The number of hydrogen-bond donors (Lipinski definition) is 2. The fraction of sp³-hybridized carbons (Fsp3) is 0.812. The maximum atomic E-state index is 11.1. The highest BCUT2D eigenvalue weighted by molar-refractivity contribution is 5.67. The van der Waals surface area contributed by atoms with Crippen LogP contribution in [0.25, 0.3) is 0 Å². The number of nitrogens with zero attached hydrogens (tertiary/aromatic N) is 2. The van der Waals surface area contributed by atoms with Crippen molar-refractivity contribution in [3.8, 4) is 0 Å². The van der Waals surface area contributed by atoms with Crippen LogP contribution in [0.3, 0.4) is 0 Å². The Morgan fingerprint density at radius 3 is 2.86 bits per heavy atom. The Hall–Kier alpha value is -1.43. The molecule has 0 unspecified atom stereocenters. The minimum Gasteiger partial charge on any atom is -0.481 e. The van der Waals surface area contributed by atoms with Gasteiger partial charge in [0, 0.05) is 5.92 Å². The monoisotopic (exact) mass is 309 g/mol. The van der Waals surface area contributed by atoms with E-state index in [0.717, 1.165) is 18.8 Å². The van der Waals surface area contributed by atoms with Crippen LogP contribution in [0.4, 0.5) is 0 Å². The third-order valence-electron chi connectivity index (χ3n) is 4.48. The van der Waals surface area contributed by atoms with E-state index in [2.05, 4.69) is 15.5 Å². The molecule has 1 saturated carbocycles. The molecule has 0 bridgehead atoms. The highest BCUT2D eigenvalue weighted by Crippen LogP contribution is 2.30. The van der Waals surface area contributed by atoms with E-state index in [1.54, 1.807) is 0 Å². The van der Waals surface area contributed by atoms with Crippen LogP contribution in [0.15, 0.2) is 4.52 Å². The summed E-state index contributed by atoms with van der Waals surface area (Å²) in [6, 6.07) is 0. The van der Waals surface area contributed by atoms with Crippen molar-refractivity contribution in [1.82, 2.24) is 15.5 Å². The topological polar surface area (TPSA) is 88.2 Å². The molecule has 6 nitrogen and oxygen atoms in total. The highest BCUT2D eigenvalue weighted by atomic mass is 16.5. The van der Waals surface area contributed by atoms with E-state index in [1.807, 2.05) is 7.05 Å². The summed E-state index contributed by atoms with van der Waals surface area (Å²) >= 11 is 0. The van der Waals surface area contributed by atoms with Crippen LogP contribution in [0, 0.1) is 5.92 Å². The molecule has 1 aliphatic rings. The second kappa shape index (κ2) is 8.88. The van der Waals surface area contributed by atoms with Crippen molar-refractivity contribution in [2.75, 3.05) is 7.05 Å². The van der Waals surface area contributed by atoms with Gasteiger partial charge in [-0.15, -0.1) is 0 Å². The lowest BCUT2D eigenvalue weighted by atomic mass is 9.84. The average Bonchev–Trinajstić information content (AvgIpc) is 2.96. The standard InChI is InChI=1S/C16H27N3O3/c1-17-11-14-18-16(22-19-14)13(10-15(20)21)9-5-8-12-6-3-2-4-7-12/h12-13,17H,2-11H2,1H3,(H,20,21)/t13-/m1/s1. The summed E-state index contributed by atoms with van der Waals surface area (Å²) in [5.41, 5.74) is 0. The molecule has 1 atom stereocenters. The van der Waals surface area contributed by atoms with E-state index in [4.69, 9.17) is 9.63 Å². The second-order valence-corrected chi connectivity index (χ2v) is 6.31. The lowest BCUT2D eigenvalue weighted by molar-refractivity contribution is -0.137. The number of carbonyl (C=O) groups is 1. The largest absolute Gasteiger partial charge is 0.481 e. The molecule has 6 heteroatoms. The lowest BCUT2D eigenvalue weighted by Crippen LogP contribution is -2.10. The maximum absolute atomic E-state index is 11.1. The van der Waals surface area contributed by atoms with E-state index in [1.165, 1.54) is 38.5 Å². The van der Waals surface area contributed by atoms with Crippen LogP contribution in [-0.4, -0.2) is 28.3 Å². The molecular formula is C16H27N3O3. The van der Waals surface area contributed by atoms with Gasteiger partial charge in [0.1, 0.15) is 0 Å². The van der Waals surface area contributed by atoms with Gasteiger partial charge in [-0.05, 0) is 19.4 Å². The average molecular weight is 309 g/mol. The Balaban J connectivity index is 1.86. The number of aliphatic carboxylic acids is 1. The Morgan fingerprint density at radius 2 is 2.18 bits per heavy atom. The third kappa shape index (κ3) is 5.40. The maximum Gasteiger partial charge on any atom is 0.304 e. The zero-order valence-corrected chi connectivity index (χ0v) is 13.4. The Morgan fingerprint density at radius 1 is 1.41 bits per heavy atom. The number of aromatic nitrogens is 2. The van der Waals surface area contributed by atoms with Gasteiger partial charge in [0.15, 0.2) is 5.82 Å². The molecule has 1 aromatic heterocycles. The first-order valence-corrected chi connectivity index (χ1v) is 8.38. The second-order valence-electron chi connectivity index (χ2n) is 6.31. The van der Waals surface area contributed by atoms with Gasteiger partial charge < -0.3 is 14.9 Å². The van der Waals surface area contributed by atoms with Crippen molar-refractivity contribution in [3.63, 3.8) is 0 Å². The summed E-state index contributed by atoms with van der Waals surface area (Å²) in [6.07, 6.45) is 9.82. The van der Waals surface area contributed by atoms with E-state index in [-0.39, 0.29) is 12.3 Å². The molecule has 124 valence electrons. The Kier molecular flexibility index (Phi) is 6.83. The molecule has 1 heterocycles. The molecule has 1 aromatic rings. The molecule has 0 amide bonds. The molecule has 0 saturated heterocycles. The highest BCUT2D eigenvalue weighted by Gasteiger charge is 2.23. The van der Waals surface area contributed by atoms with Crippen molar-refractivity contribution in [2.45, 2.75) is 70.3 Å². The van der Waals surface area contributed by atoms with Crippen LogP contribution in [0.1, 0.15) is 75.4 Å². The van der Waals surface area contributed by atoms with Gasteiger partial charge in [0.2, 0.25) is 5.89 Å². The predicted molar refractivity (Wildman–Crippen MR) is 82.5 cm³/mol. The van der Waals surface area contributed by atoms with E-state index in [0.29, 0.717) is 18.3 Å². The Bertz CT molecular complexity index is 455. The molecule has 1 fully saturated rings. The first-order valence-electron chi connectivity index (χ1n) is 8.38. The van der Waals surface area contributed by atoms with E-state index in [9.17, 15) is 4.79 Å². The van der Waals surface area contributed by atoms with Gasteiger partial charge in [-0.1, -0.05) is 50.1 Å². The number of carboxylic acid groups (broad SMARTS) is 1. The smallest absolute Gasteiger partial charge is 0.304 e. The summed E-state index contributed by atoms with van der Waals surface area (Å²) in [4.78, 5) is 15.4. The third-order valence-corrected chi connectivity index (χ3v) is 4.48. The zero-order chi connectivity index (χ0) is 15.8. The fourth-order valence-electron chi connectivity index (χ4n) is 3.32. The molecule has 2 N–H and O–H groups in total. The molecule has 0 radical (unpaired) electrons. The van der Waals surface area contributed by atoms with Gasteiger partial charge in [-0.3, -0.25) is 4.79 Å². The van der Waals surface area contributed by atoms with Crippen molar-refractivity contribution in [3.05, 3.63) is 11.7 Å². The minimum absolute atomic E-state index is 0.0614. The first kappa shape index (κ1) is 16.9. The van der Waals surface area contributed by atoms with E-state index < -0.39 is 5.97 Å². The molecule has 1 aliphatic carbocycles. The van der Waals surface area contributed by atoms with Crippen LogP contribution in [-0.2, 0) is 11.3 Å². The summed E-state index contributed by atoms with van der Waals surface area (Å²) in [7, 11) is 1.81. The van der Waals surface area contributed by atoms with Crippen molar-refractivity contribution >= 4 is 5.97 Å². The zero-order valence-electron chi connectivity index (χ0n) is 13.4. The summed E-state index contributed by atoms with van der Waals surface area (Å²) in [6.45, 7) is 0.533. The SMILES string of the molecule is CNCc1noc([C@H](CCCC2CCCCC2)CC(=O)O)n1. The summed E-state index contributed by atoms with van der Waals surface area (Å²) < 4.78 is 5.26. The van der Waals surface area contributed by atoms with Gasteiger partial charge in [-0.25, -0.2) is 0 Å². The van der Waals surface area contributed by atoms with Crippen LogP contribution in [0.5, 0.6) is 0 Å². The van der Waals surface area contributed by atoms with Crippen molar-refractivity contribution in [1.29, 1.82) is 0 Å². The Labute approximate surface area is 131 Å². The molecule has 0 spiro atoms. The van der Waals surface area contributed by atoms with Crippen molar-refractivity contribution < 1.29 is 14.4 Å². The van der Waals surface area contributed by atoms with Gasteiger partial charge >= 0.3 is 5.97 Å². The molecule has 2 rings (SSSR count). The lowest BCUT2D eigenvalue weighted by Gasteiger charge is -2.21. The van der Waals surface area contributed by atoms with Gasteiger partial charge in [0.05, 0.1) is 13.0 Å². The number of carboxylic acids is 1. The number of hydrogen-bond acceptors (Lipinski definition) is 5. The van der Waals surface area contributed by atoms with Crippen molar-refractivity contribution in [2.24, 2.45) is 5.92 Å². The van der Waals surface area contributed by atoms with Gasteiger partial charge in [0.25, 0.3) is 0 Å². The molecule has 0 aliphatic heterocycles. The van der Waals surface area contributed by atoms with Crippen LogP contribution in [0.2, 0.25) is 0 Å². The number of rotatable bonds is 9. The summed E-state index contributed by atoms with van der Waals surface area (Å²) in [5, 5.41) is 16.0. The normalized spacial score (nSPS) is 17.5. The molecule has 22 heavy (non-hydrogen) atoms. The number of nitrogens with one attached hydrogen (secondary N) is 1. The quantitative estimate of drug-likeness (QED) is 0.728. The van der Waals surface area contributed by atoms with Crippen LogP contribution >= 0.6 is 0 Å². The molecule has 0 aromatic carbocycles. The fourth-order valence-corrected chi connectivity index (χ4v) is 3.32.